The number of aromatic nitrogens is 4. The van der Waals surface area contributed by atoms with E-state index in [1.165, 1.54) is 45.9 Å². The molecule has 0 aliphatic carbocycles. The predicted octanol–water partition coefficient (Wildman–Crippen LogP) is 3.12. The van der Waals surface area contributed by atoms with E-state index in [9.17, 15) is 4.79 Å². The minimum atomic E-state index is -0.0995. The number of amides is 1. The Kier molecular flexibility index (Phi) is 6.02. The number of benzene rings is 1. The second-order valence-electron chi connectivity index (χ2n) is 9.97. The maximum atomic E-state index is 11.6. The van der Waals surface area contributed by atoms with Gasteiger partial charge in [-0.2, -0.15) is 5.10 Å². The fourth-order valence-corrected chi connectivity index (χ4v) is 5.56. The fraction of sp³-hybridized carbons (Fsp3) is 0.407. The van der Waals surface area contributed by atoms with Crippen molar-refractivity contribution in [1.29, 1.82) is 0 Å². The van der Waals surface area contributed by atoms with E-state index in [2.05, 4.69) is 43.3 Å². The number of carbonyl (C=O) groups excluding carboxylic acids is 1. The number of piperidine rings is 1. The second kappa shape index (κ2) is 9.48. The summed E-state index contributed by atoms with van der Waals surface area (Å²) in [5.41, 5.74) is 5.47. The molecule has 0 atom stereocenters. The van der Waals surface area contributed by atoms with Gasteiger partial charge in [0, 0.05) is 75.1 Å². The molecular formula is C27H32N8O. The van der Waals surface area contributed by atoms with Crippen LogP contribution in [0.1, 0.15) is 19.8 Å². The summed E-state index contributed by atoms with van der Waals surface area (Å²) in [4.78, 5) is 28.4. The zero-order valence-electron chi connectivity index (χ0n) is 20.9. The van der Waals surface area contributed by atoms with Gasteiger partial charge < -0.3 is 15.1 Å². The quantitative estimate of drug-likeness (QED) is 0.477. The van der Waals surface area contributed by atoms with E-state index < -0.39 is 0 Å². The van der Waals surface area contributed by atoms with E-state index in [4.69, 9.17) is 4.98 Å². The first-order valence-electron chi connectivity index (χ1n) is 12.7. The molecule has 5 heterocycles. The largest absolute Gasteiger partial charge is 0.369 e. The number of nitrogens with one attached hydrogen (secondary N) is 1. The molecule has 2 aliphatic rings. The lowest BCUT2D eigenvalue weighted by atomic mass is 10.0. The molecule has 0 bridgehead atoms. The van der Waals surface area contributed by atoms with Crippen LogP contribution in [0.5, 0.6) is 0 Å². The summed E-state index contributed by atoms with van der Waals surface area (Å²) in [5, 5.41) is 8.46. The number of rotatable bonds is 4. The maximum Gasteiger partial charge on any atom is 0.221 e. The fourth-order valence-electron chi connectivity index (χ4n) is 5.56. The molecule has 0 saturated carbocycles. The van der Waals surface area contributed by atoms with Crippen LogP contribution in [0.25, 0.3) is 27.7 Å². The number of fused-ring (bicyclic) bond motifs is 2. The normalized spacial score (nSPS) is 18.2. The Hall–Kier alpha value is -3.56. The number of anilines is 2. The van der Waals surface area contributed by atoms with E-state index in [-0.39, 0.29) is 5.91 Å². The van der Waals surface area contributed by atoms with Crippen molar-refractivity contribution >= 4 is 33.8 Å². The molecule has 1 amide bonds. The van der Waals surface area contributed by atoms with Crippen LogP contribution >= 0.6 is 0 Å². The SMILES string of the molecule is CC(=O)Nc1ccc2nccc(-c3cnn4cc(N5CCC(N6CCN(C)CC6)CC5)cnc34)c2c1. The van der Waals surface area contributed by atoms with Crippen LogP contribution in [0.15, 0.2) is 49.1 Å². The second-order valence-corrected chi connectivity index (χ2v) is 9.97. The highest BCUT2D eigenvalue weighted by Crippen LogP contribution is 2.32. The number of hydrogen-bond donors (Lipinski definition) is 1. The van der Waals surface area contributed by atoms with Crippen LogP contribution in [0.3, 0.4) is 0 Å². The average Bonchev–Trinajstić information content (AvgIpc) is 3.32. The summed E-state index contributed by atoms with van der Waals surface area (Å²) < 4.78 is 1.88. The van der Waals surface area contributed by atoms with Crippen molar-refractivity contribution in [3.63, 3.8) is 0 Å². The number of likely N-dealkylation sites (N-methyl/N-ethyl adjacent to an activating group) is 1. The lowest BCUT2D eigenvalue weighted by Gasteiger charge is -2.42. The molecule has 1 N–H and O–H groups in total. The van der Waals surface area contributed by atoms with Gasteiger partial charge in [0.25, 0.3) is 0 Å². The summed E-state index contributed by atoms with van der Waals surface area (Å²) in [7, 11) is 2.21. The molecule has 0 unspecified atom stereocenters. The lowest BCUT2D eigenvalue weighted by molar-refractivity contribution is -0.114. The Bertz CT molecular complexity index is 1400. The smallest absolute Gasteiger partial charge is 0.221 e. The molecule has 36 heavy (non-hydrogen) atoms. The van der Waals surface area contributed by atoms with Gasteiger partial charge in [-0.05, 0) is 49.7 Å². The summed E-state index contributed by atoms with van der Waals surface area (Å²) >= 11 is 0. The van der Waals surface area contributed by atoms with E-state index in [0.29, 0.717) is 6.04 Å². The van der Waals surface area contributed by atoms with Crippen LogP contribution in [0.4, 0.5) is 11.4 Å². The molecule has 0 radical (unpaired) electrons. The third kappa shape index (κ3) is 4.40. The Morgan fingerprint density at radius 1 is 0.972 bits per heavy atom. The first-order chi connectivity index (χ1) is 17.5. The van der Waals surface area contributed by atoms with Crippen molar-refractivity contribution in [2.75, 3.05) is 56.5 Å². The van der Waals surface area contributed by atoms with Crippen molar-refractivity contribution in [2.24, 2.45) is 0 Å². The van der Waals surface area contributed by atoms with Crippen LogP contribution in [-0.4, -0.2) is 87.6 Å². The minimum absolute atomic E-state index is 0.0995. The van der Waals surface area contributed by atoms with Gasteiger partial charge in [-0.25, -0.2) is 9.50 Å². The molecule has 1 aromatic carbocycles. The number of carbonyl (C=O) groups is 1. The van der Waals surface area contributed by atoms with Crippen molar-refractivity contribution in [3.8, 4) is 11.1 Å². The molecule has 6 rings (SSSR count). The highest BCUT2D eigenvalue weighted by molar-refractivity contribution is 6.00. The predicted molar refractivity (Wildman–Crippen MR) is 142 cm³/mol. The van der Waals surface area contributed by atoms with Gasteiger partial charge in [-0.1, -0.05) is 0 Å². The monoisotopic (exact) mass is 484 g/mol. The minimum Gasteiger partial charge on any atom is -0.369 e. The number of piperazine rings is 1. The molecule has 9 heteroatoms. The Morgan fingerprint density at radius 3 is 2.56 bits per heavy atom. The Balaban J connectivity index is 1.23. The van der Waals surface area contributed by atoms with Crippen molar-refractivity contribution in [3.05, 3.63) is 49.1 Å². The molecule has 186 valence electrons. The van der Waals surface area contributed by atoms with Gasteiger partial charge in [-0.3, -0.25) is 14.7 Å². The first kappa shape index (κ1) is 22.9. The van der Waals surface area contributed by atoms with Crippen molar-refractivity contribution in [2.45, 2.75) is 25.8 Å². The number of nitrogens with zero attached hydrogens (tertiary/aromatic N) is 7. The van der Waals surface area contributed by atoms with Crippen LogP contribution < -0.4 is 10.2 Å². The molecule has 0 spiro atoms. The Morgan fingerprint density at radius 2 is 1.78 bits per heavy atom. The summed E-state index contributed by atoms with van der Waals surface area (Å²) in [6, 6.07) is 8.42. The Labute approximate surface area is 210 Å². The van der Waals surface area contributed by atoms with E-state index >= 15 is 0 Å². The van der Waals surface area contributed by atoms with Gasteiger partial charge >= 0.3 is 0 Å². The number of hydrogen-bond acceptors (Lipinski definition) is 7. The van der Waals surface area contributed by atoms with Gasteiger partial charge in [0.1, 0.15) is 0 Å². The van der Waals surface area contributed by atoms with Crippen molar-refractivity contribution in [1.82, 2.24) is 29.4 Å². The topological polar surface area (TPSA) is 81.9 Å². The number of pyridine rings is 1. The molecule has 2 aliphatic heterocycles. The standard InChI is InChI=1S/C27H32N8O/c1-19(36)31-20-3-4-26-24(15-20)23(5-8-28-26)25-17-30-35-18-22(16-29-27(25)35)33-9-6-21(7-10-33)34-13-11-32(2)12-14-34/h3-5,8,15-18,21H,6-7,9-14H2,1-2H3,(H,31,36). The highest BCUT2D eigenvalue weighted by atomic mass is 16.1. The van der Waals surface area contributed by atoms with Crippen molar-refractivity contribution < 1.29 is 4.79 Å². The summed E-state index contributed by atoms with van der Waals surface area (Å²) in [6.07, 6.45) is 10.1. The van der Waals surface area contributed by atoms with Gasteiger partial charge in [0.2, 0.25) is 5.91 Å². The summed E-state index contributed by atoms with van der Waals surface area (Å²) in [6.45, 7) is 8.30. The highest BCUT2D eigenvalue weighted by Gasteiger charge is 2.27. The zero-order valence-corrected chi connectivity index (χ0v) is 20.9. The first-order valence-corrected chi connectivity index (χ1v) is 12.7. The van der Waals surface area contributed by atoms with Gasteiger partial charge in [0.05, 0.1) is 29.8 Å². The van der Waals surface area contributed by atoms with Crippen LogP contribution in [-0.2, 0) is 4.79 Å². The third-order valence-electron chi connectivity index (χ3n) is 7.58. The van der Waals surface area contributed by atoms with Gasteiger partial charge in [-0.15, -0.1) is 0 Å². The molecular weight excluding hydrogens is 452 g/mol. The third-order valence-corrected chi connectivity index (χ3v) is 7.58. The molecule has 4 aromatic rings. The van der Waals surface area contributed by atoms with Crippen LogP contribution in [0, 0.1) is 0 Å². The summed E-state index contributed by atoms with van der Waals surface area (Å²) in [5.74, 6) is -0.0995. The van der Waals surface area contributed by atoms with Crippen LogP contribution in [0.2, 0.25) is 0 Å². The van der Waals surface area contributed by atoms with E-state index in [0.717, 1.165) is 52.1 Å². The lowest BCUT2D eigenvalue weighted by Crippen LogP contribution is -2.52. The molecule has 2 saturated heterocycles. The zero-order chi connectivity index (χ0) is 24.6. The van der Waals surface area contributed by atoms with Gasteiger partial charge in [0.15, 0.2) is 5.65 Å². The van der Waals surface area contributed by atoms with E-state index in [1.54, 1.807) is 6.20 Å². The average molecular weight is 485 g/mol. The molecule has 2 fully saturated rings. The molecule has 3 aromatic heterocycles. The van der Waals surface area contributed by atoms with E-state index in [1.807, 2.05) is 41.2 Å². The molecule has 9 nitrogen and oxygen atoms in total. The maximum absolute atomic E-state index is 11.6.